The van der Waals surface area contributed by atoms with Crippen molar-refractivity contribution >= 4 is 32.5 Å². The Hall–Kier alpha value is -3.25. The van der Waals surface area contributed by atoms with E-state index < -0.39 is 0 Å². The largest absolute Gasteiger partial charge is 0.293 e. The predicted molar refractivity (Wildman–Crippen MR) is 110 cm³/mol. The van der Waals surface area contributed by atoms with E-state index in [4.69, 9.17) is 4.98 Å². The summed E-state index contributed by atoms with van der Waals surface area (Å²) in [4.78, 5) is 22.5. The molecule has 0 amide bonds. The first-order valence-electron chi connectivity index (χ1n) is 8.66. The second-order valence-electron chi connectivity index (χ2n) is 6.56. The molecule has 27 heavy (non-hydrogen) atoms. The van der Waals surface area contributed by atoms with Crippen LogP contribution in [-0.2, 0) is 0 Å². The molecule has 0 atom stereocenters. The van der Waals surface area contributed by atoms with Gasteiger partial charge in [0.15, 0.2) is 0 Å². The molecule has 0 radical (unpaired) electrons. The number of nitrogens with zero attached hydrogens (tertiary/aromatic N) is 3. The molecule has 0 saturated heterocycles. The highest BCUT2D eigenvalue weighted by atomic mass is 32.1. The summed E-state index contributed by atoms with van der Waals surface area (Å²) in [6, 6.07) is 17.8. The lowest BCUT2D eigenvalue weighted by atomic mass is 10.1. The van der Waals surface area contributed by atoms with Gasteiger partial charge in [0, 0.05) is 11.1 Å². The molecule has 0 aliphatic carbocycles. The second-order valence-corrected chi connectivity index (χ2v) is 7.57. The summed E-state index contributed by atoms with van der Waals surface area (Å²) in [5, 5.41) is 4.90. The standard InChI is InChI=1S/C21H16N4OS/c1-12-11-17(22-15-8-4-3-7-14(12)15)19-13(2)24-25(20(19)26)21-23-16-9-5-6-10-18(16)27-21/h3-11,24H,1-2H3. The number of pyridine rings is 1. The smallest absolute Gasteiger partial charge is 0.283 e. The van der Waals surface area contributed by atoms with Crippen LogP contribution in [0.15, 0.2) is 59.4 Å². The van der Waals surface area contributed by atoms with Gasteiger partial charge in [0.05, 0.1) is 27.0 Å². The van der Waals surface area contributed by atoms with E-state index in [0.29, 0.717) is 16.4 Å². The number of benzene rings is 2. The summed E-state index contributed by atoms with van der Waals surface area (Å²) in [7, 11) is 0. The molecule has 3 aromatic heterocycles. The van der Waals surface area contributed by atoms with Gasteiger partial charge in [0.25, 0.3) is 5.56 Å². The monoisotopic (exact) mass is 372 g/mol. The quantitative estimate of drug-likeness (QED) is 0.492. The normalized spacial score (nSPS) is 11.5. The maximum Gasteiger partial charge on any atom is 0.283 e. The van der Waals surface area contributed by atoms with Crippen molar-refractivity contribution in [2.45, 2.75) is 13.8 Å². The van der Waals surface area contributed by atoms with Gasteiger partial charge in [-0.2, -0.15) is 4.68 Å². The fourth-order valence-electron chi connectivity index (χ4n) is 3.42. The molecule has 0 unspecified atom stereocenters. The third-order valence-corrected chi connectivity index (χ3v) is 5.75. The minimum atomic E-state index is -0.131. The highest BCUT2D eigenvalue weighted by Gasteiger charge is 2.18. The van der Waals surface area contributed by atoms with Crippen molar-refractivity contribution in [1.29, 1.82) is 0 Å². The number of thiazole rings is 1. The molecule has 0 bridgehead atoms. The maximum absolute atomic E-state index is 13.2. The highest BCUT2D eigenvalue weighted by molar-refractivity contribution is 7.20. The number of para-hydroxylation sites is 2. The molecular weight excluding hydrogens is 356 g/mol. The first-order valence-corrected chi connectivity index (χ1v) is 9.48. The maximum atomic E-state index is 13.2. The first-order chi connectivity index (χ1) is 13.1. The van der Waals surface area contributed by atoms with Crippen LogP contribution in [0.3, 0.4) is 0 Å². The molecule has 0 fully saturated rings. The molecule has 5 aromatic rings. The average Bonchev–Trinajstić information content (AvgIpc) is 3.22. The van der Waals surface area contributed by atoms with E-state index in [1.165, 1.54) is 16.0 Å². The Balaban J connectivity index is 1.72. The van der Waals surface area contributed by atoms with Crippen LogP contribution in [0.4, 0.5) is 0 Å². The third-order valence-electron chi connectivity index (χ3n) is 4.72. The zero-order chi connectivity index (χ0) is 18.5. The lowest BCUT2D eigenvalue weighted by Gasteiger charge is -2.05. The highest BCUT2D eigenvalue weighted by Crippen LogP contribution is 2.27. The molecule has 6 heteroatoms. The predicted octanol–water partition coefficient (Wildman–Crippen LogP) is 4.61. The lowest BCUT2D eigenvalue weighted by molar-refractivity contribution is 0.829. The van der Waals surface area contributed by atoms with E-state index in [1.807, 2.05) is 68.4 Å². The molecule has 2 aromatic carbocycles. The van der Waals surface area contributed by atoms with Crippen LogP contribution in [0.2, 0.25) is 0 Å². The molecule has 0 spiro atoms. The number of aryl methyl sites for hydroxylation is 2. The Morgan fingerprint density at radius 1 is 0.963 bits per heavy atom. The van der Waals surface area contributed by atoms with Crippen molar-refractivity contribution in [3.63, 3.8) is 0 Å². The van der Waals surface area contributed by atoms with Gasteiger partial charge in [-0.15, -0.1) is 0 Å². The zero-order valence-corrected chi connectivity index (χ0v) is 15.7. The summed E-state index contributed by atoms with van der Waals surface area (Å²) in [5.41, 5.74) is 4.79. The van der Waals surface area contributed by atoms with E-state index >= 15 is 0 Å². The second kappa shape index (κ2) is 5.89. The molecule has 0 saturated carbocycles. The Morgan fingerprint density at radius 3 is 2.52 bits per heavy atom. The van der Waals surface area contributed by atoms with Crippen molar-refractivity contribution in [2.75, 3.05) is 0 Å². The van der Waals surface area contributed by atoms with Crippen LogP contribution in [0.5, 0.6) is 0 Å². The number of H-pyrrole nitrogens is 1. The van der Waals surface area contributed by atoms with E-state index in [1.54, 1.807) is 0 Å². The van der Waals surface area contributed by atoms with Gasteiger partial charge in [0.1, 0.15) is 0 Å². The summed E-state index contributed by atoms with van der Waals surface area (Å²) < 4.78 is 2.56. The number of fused-ring (bicyclic) bond motifs is 2. The van der Waals surface area contributed by atoms with E-state index in [-0.39, 0.29) is 5.56 Å². The molecule has 5 nitrogen and oxygen atoms in total. The molecular formula is C21H16N4OS. The Kier molecular flexibility index (Phi) is 3.48. The minimum absolute atomic E-state index is 0.131. The van der Waals surface area contributed by atoms with Crippen LogP contribution < -0.4 is 5.56 Å². The number of hydrogen-bond donors (Lipinski definition) is 1. The fraction of sp³-hybridized carbons (Fsp3) is 0.0952. The van der Waals surface area contributed by atoms with Crippen molar-refractivity contribution in [3.8, 4) is 16.4 Å². The number of aromatic nitrogens is 4. The fourth-order valence-corrected chi connectivity index (χ4v) is 4.34. The van der Waals surface area contributed by atoms with Gasteiger partial charge < -0.3 is 0 Å². The van der Waals surface area contributed by atoms with Crippen molar-refractivity contribution < 1.29 is 0 Å². The molecule has 0 aliphatic heterocycles. The Labute approximate surface area is 158 Å². The number of aromatic amines is 1. The van der Waals surface area contributed by atoms with Crippen LogP contribution >= 0.6 is 11.3 Å². The van der Waals surface area contributed by atoms with Gasteiger partial charge >= 0.3 is 0 Å². The zero-order valence-electron chi connectivity index (χ0n) is 14.9. The Bertz CT molecular complexity index is 1340. The van der Waals surface area contributed by atoms with E-state index in [0.717, 1.165) is 32.4 Å². The molecule has 1 N–H and O–H groups in total. The summed E-state index contributed by atoms with van der Waals surface area (Å²) in [6.45, 7) is 3.94. The van der Waals surface area contributed by atoms with Crippen LogP contribution in [0, 0.1) is 13.8 Å². The van der Waals surface area contributed by atoms with Gasteiger partial charge in [-0.05, 0) is 43.7 Å². The number of nitrogens with one attached hydrogen (secondary N) is 1. The topological polar surface area (TPSA) is 63.6 Å². The van der Waals surface area contributed by atoms with E-state index in [2.05, 4.69) is 10.1 Å². The summed E-state index contributed by atoms with van der Waals surface area (Å²) in [5.74, 6) is 0. The van der Waals surface area contributed by atoms with Crippen LogP contribution in [0.25, 0.3) is 37.5 Å². The molecule has 0 aliphatic rings. The summed E-state index contributed by atoms with van der Waals surface area (Å²) in [6.07, 6.45) is 0. The van der Waals surface area contributed by atoms with Crippen LogP contribution in [0.1, 0.15) is 11.3 Å². The van der Waals surface area contributed by atoms with Gasteiger partial charge in [0.2, 0.25) is 5.13 Å². The Morgan fingerprint density at radius 2 is 1.70 bits per heavy atom. The van der Waals surface area contributed by atoms with Gasteiger partial charge in [-0.1, -0.05) is 41.7 Å². The lowest BCUT2D eigenvalue weighted by Crippen LogP contribution is -2.15. The first kappa shape index (κ1) is 16.0. The van der Waals surface area contributed by atoms with Crippen LogP contribution in [-0.4, -0.2) is 19.7 Å². The SMILES string of the molecule is Cc1[nH]n(-c2nc3ccccc3s2)c(=O)c1-c1cc(C)c2ccccc2n1. The average molecular weight is 372 g/mol. The number of rotatable bonds is 2. The molecule has 132 valence electrons. The van der Waals surface area contributed by atoms with Gasteiger partial charge in [-0.3, -0.25) is 9.89 Å². The minimum Gasteiger partial charge on any atom is -0.293 e. The van der Waals surface area contributed by atoms with E-state index in [9.17, 15) is 4.79 Å². The van der Waals surface area contributed by atoms with Crippen molar-refractivity contribution in [3.05, 3.63) is 76.2 Å². The van der Waals surface area contributed by atoms with Crippen molar-refractivity contribution in [1.82, 2.24) is 19.7 Å². The summed E-state index contributed by atoms with van der Waals surface area (Å²) >= 11 is 1.49. The number of hydrogen-bond acceptors (Lipinski definition) is 4. The van der Waals surface area contributed by atoms with Gasteiger partial charge in [-0.25, -0.2) is 9.97 Å². The molecule has 3 heterocycles. The van der Waals surface area contributed by atoms with Crippen molar-refractivity contribution in [2.24, 2.45) is 0 Å². The third kappa shape index (κ3) is 2.49. The molecule has 5 rings (SSSR count).